The molecular formula is C12H17N3O4. The molecule has 1 rings (SSSR count). The lowest BCUT2D eigenvalue weighted by atomic mass is 10.0. The molecule has 0 saturated heterocycles. The van der Waals surface area contributed by atoms with Crippen LogP contribution in [-0.2, 0) is 19.1 Å². The number of hydrogen-bond acceptors (Lipinski definition) is 7. The Balaban J connectivity index is 2.81. The minimum Gasteiger partial charge on any atom is -0.419 e. The summed E-state index contributed by atoms with van der Waals surface area (Å²) in [6.07, 6.45) is 1.51. The van der Waals surface area contributed by atoms with Crippen molar-refractivity contribution in [3.8, 4) is 0 Å². The van der Waals surface area contributed by atoms with Crippen molar-refractivity contribution in [1.82, 2.24) is 15.4 Å². The number of hydrogen-bond donors (Lipinski definition) is 0. The smallest absolute Gasteiger partial charge is 0.312 e. The van der Waals surface area contributed by atoms with Crippen LogP contribution in [-0.4, -0.2) is 27.3 Å². The Hall–Kier alpha value is -2.05. The monoisotopic (exact) mass is 267 g/mol. The minimum atomic E-state index is -1.18. The molecule has 0 aliphatic heterocycles. The molecule has 19 heavy (non-hydrogen) atoms. The molecule has 1 unspecified atom stereocenters. The maximum Gasteiger partial charge on any atom is 0.312 e. The number of rotatable bonds is 6. The second-order valence-corrected chi connectivity index (χ2v) is 3.94. The van der Waals surface area contributed by atoms with Gasteiger partial charge in [-0.2, -0.15) is 0 Å². The zero-order valence-corrected chi connectivity index (χ0v) is 11.2. The van der Waals surface area contributed by atoms with Gasteiger partial charge < -0.3 is 9.47 Å². The van der Waals surface area contributed by atoms with Crippen LogP contribution < -0.4 is 0 Å². The summed E-state index contributed by atoms with van der Waals surface area (Å²) in [6.45, 7) is 5.01. The van der Waals surface area contributed by atoms with Gasteiger partial charge in [0.25, 0.3) is 6.29 Å². The van der Waals surface area contributed by atoms with Gasteiger partial charge in [0, 0.05) is 6.92 Å². The minimum absolute atomic E-state index is 0.226. The average Bonchev–Trinajstić information content (AvgIpc) is 2.40. The average molecular weight is 267 g/mol. The lowest BCUT2D eigenvalue weighted by Gasteiger charge is -2.19. The molecule has 1 heterocycles. The molecule has 1 aromatic heterocycles. The van der Waals surface area contributed by atoms with Gasteiger partial charge in [-0.1, -0.05) is 13.8 Å². The van der Waals surface area contributed by atoms with Crippen LogP contribution in [0.2, 0.25) is 0 Å². The van der Waals surface area contributed by atoms with Crippen LogP contribution in [0.15, 0.2) is 12.3 Å². The first-order valence-electron chi connectivity index (χ1n) is 6.10. The van der Waals surface area contributed by atoms with Crippen molar-refractivity contribution >= 4 is 11.9 Å². The normalized spacial score (nSPS) is 12.0. The molecule has 0 fully saturated rings. The maximum atomic E-state index is 11.9. The molecule has 0 amide bonds. The third-order valence-electron chi connectivity index (χ3n) is 2.58. The van der Waals surface area contributed by atoms with Crippen molar-refractivity contribution in [2.24, 2.45) is 5.92 Å². The predicted octanol–water partition coefficient (Wildman–Crippen LogP) is 1.41. The van der Waals surface area contributed by atoms with E-state index in [-0.39, 0.29) is 11.6 Å². The maximum absolute atomic E-state index is 11.9. The van der Waals surface area contributed by atoms with Crippen LogP contribution in [0.25, 0.3) is 0 Å². The van der Waals surface area contributed by atoms with Crippen molar-refractivity contribution < 1.29 is 19.1 Å². The molecule has 0 aliphatic carbocycles. The quantitative estimate of drug-likeness (QED) is 0.568. The largest absolute Gasteiger partial charge is 0.419 e. The number of aromatic nitrogens is 3. The zero-order chi connectivity index (χ0) is 14.3. The van der Waals surface area contributed by atoms with Crippen molar-refractivity contribution in [2.75, 3.05) is 0 Å². The summed E-state index contributed by atoms with van der Waals surface area (Å²) in [5, 5.41) is 10.6. The van der Waals surface area contributed by atoms with Gasteiger partial charge in [-0.3, -0.25) is 9.59 Å². The van der Waals surface area contributed by atoms with Crippen molar-refractivity contribution in [3.63, 3.8) is 0 Å². The van der Waals surface area contributed by atoms with E-state index in [2.05, 4.69) is 15.4 Å². The fourth-order valence-electron chi connectivity index (χ4n) is 1.50. The second kappa shape index (κ2) is 7.40. The number of ether oxygens (including phenoxy) is 2. The van der Waals surface area contributed by atoms with E-state index in [1.165, 1.54) is 19.2 Å². The summed E-state index contributed by atoms with van der Waals surface area (Å²) < 4.78 is 10.1. The first-order valence-corrected chi connectivity index (χ1v) is 6.10. The third-order valence-corrected chi connectivity index (χ3v) is 2.58. The summed E-state index contributed by atoms with van der Waals surface area (Å²) in [4.78, 5) is 22.9. The Kier molecular flexibility index (Phi) is 5.84. The first-order chi connectivity index (χ1) is 9.08. The summed E-state index contributed by atoms with van der Waals surface area (Å²) in [5.41, 5.74) is 0.226. The summed E-state index contributed by atoms with van der Waals surface area (Å²) in [7, 11) is 0. The van der Waals surface area contributed by atoms with Gasteiger partial charge in [-0.15, -0.1) is 10.2 Å². The Bertz CT molecular complexity index is 420. The highest BCUT2D eigenvalue weighted by atomic mass is 16.7. The Morgan fingerprint density at radius 2 is 1.95 bits per heavy atom. The molecule has 0 spiro atoms. The van der Waals surface area contributed by atoms with Crippen LogP contribution in [0.4, 0.5) is 0 Å². The van der Waals surface area contributed by atoms with E-state index in [0.29, 0.717) is 12.8 Å². The molecule has 0 radical (unpaired) electrons. The number of esters is 2. The van der Waals surface area contributed by atoms with E-state index in [1.807, 2.05) is 13.8 Å². The predicted molar refractivity (Wildman–Crippen MR) is 64.5 cm³/mol. The highest BCUT2D eigenvalue weighted by molar-refractivity contribution is 5.73. The van der Waals surface area contributed by atoms with Crippen molar-refractivity contribution in [1.29, 1.82) is 0 Å². The van der Waals surface area contributed by atoms with E-state index in [0.717, 1.165) is 0 Å². The number of carbonyl (C=O) groups excluding carboxylic acids is 2. The molecule has 7 nitrogen and oxygen atoms in total. The lowest BCUT2D eigenvalue weighted by molar-refractivity contribution is -0.192. The molecular weight excluding hydrogens is 250 g/mol. The topological polar surface area (TPSA) is 91.3 Å². The highest BCUT2D eigenvalue weighted by Crippen LogP contribution is 2.20. The SMILES string of the molecule is CCC(CC)C(=O)OC(OC(C)=O)c1ccnnn1. The van der Waals surface area contributed by atoms with Crippen LogP contribution in [0, 0.1) is 5.92 Å². The van der Waals surface area contributed by atoms with Gasteiger partial charge in [0.15, 0.2) is 0 Å². The molecule has 0 saturated carbocycles. The molecule has 0 N–H and O–H groups in total. The molecule has 1 aromatic rings. The van der Waals surface area contributed by atoms with Crippen molar-refractivity contribution in [2.45, 2.75) is 39.9 Å². The van der Waals surface area contributed by atoms with E-state index < -0.39 is 18.2 Å². The van der Waals surface area contributed by atoms with Crippen LogP contribution in [0.5, 0.6) is 0 Å². The van der Waals surface area contributed by atoms with E-state index in [9.17, 15) is 9.59 Å². The van der Waals surface area contributed by atoms with E-state index in [4.69, 9.17) is 9.47 Å². The molecule has 7 heteroatoms. The zero-order valence-electron chi connectivity index (χ0n) is 11.2. The van der Waals surface area contributed by atoms with Gasteiger partial charge in [0.05, 0.1) is 12.1 Å². The summed E-state index contributed by atoms with van der Waals surface area (Å²) in [6, 6.07) is 1.47. The molecule has 0 aromatic carbocycles. The highest BCUT2D eigenvalue weighted by Gasteiger charge is 2.25. The fourth-order valence-corrected chi connectivity index (χ4v) is 1.50. The summed E-state index contributed by atoms with van der Waals surface area (Å²) >= 11 is 0. The number of nitrogens with zero attached hydrogens (tertiary/aromatic N) is 3. The van der Waals surface area contributed by atoms with Gasteiger partial charge in [0.1, 0.15) is 5.69 Å². The Labute approximate surface area is 111 Å². The Morgan fingerprint density at radius 3 is 2.42 bits per heavy atom. The van der Waals surface area contributed by atoms with Gasteiger partial charge in [0.2, 0.25) is 0 Å². The van der Waals surface area contributed by atoms with E-state index in [1.54, 1.807) is 0 Å². The lowest BCUT2D eigenvalue weighted by Crippen LogP contribution is -2.23. The van der Waals surface area contributed by atoms with Crippen molar-refractivity contribution in [3.05, 3.63) is 18.0 Å². The first kappa shape index (κ1) is 15.0. The number of carbonyl (C=O) groups is 2. The van der Waals surface area contributed by atoms with Crippen LogP contribution in [0.1, 0.15) is 45.6 Å². The molecule has 1 atom stereocenters. The third kappa shape index (κ3) is 4.61. The van der Waals surface area contributed by atoms with Gasteiger partial charge >= 0.3 is 11.9 Å². The molecule has 104 valence electrons. The fraction of sp³-hybridized carbons (Fsp3) is 0.583. The Morgan fingerprint density at radius 1 is 1.26 bits per heavy atom. The standard InChI is InChI=1S/C12H17N3O4/c1-4-9(5-2)11(17)19-12(18-8(3)16)10-6-7-13-15-14-10/h6-7,9,12H,4-5H2,1-3H3. The van der Waals surface area contributed by atoms with Crippen LogP contribution in [0.3, 0.4) is 0 Å². The van der Waals surface area contributed by atoms with Gasteiger partial charge in [-0.25, -0.2) is 0 Å². The molecule has 0 bridgehead atoms. The summed E-state index contributed by atoms with van der Waals surface area (Å²) in [5.74, 6) is -1.22. The van der Waals surface area contributed by atoms with E-state index >= 15 is 0 Å². The van der Waals surface area contributed by atoms with Gasteiger partial charge in [-0.05, 0) is 24.1 Å². The van der Waals surface area contributed by atoms with Crippen LogP contribution >= 0.6 is 0 Å². The second-order valence-electron chi connectivity index (χ2n) is 3.94. The molecule has 0 aliphatic rings.